The van der Waals surface area contributed by atoms with Gasteiger partial charge in [-0.25, -0.2) is 9.97 Å². The molecular formula is C17H17N5O2. The van der Waals surface area contributed by atoms with E-state index in [-0.39, 0.29) is 5.91 Å². The van der Waals surface area contributed by atoms with E-state index in [1.165, 1.54) is 6.20 Å². The fourth-order valence-corrected chi connectivity index (χ4v) is 2.40. The van der Waals surface area contributed by atoms with Gasteiger partial charge in [0.25, 0.3) is 5.91 Å². The van der Waals surface area contributed by atoms with E-state index in [0.717, 1.165) is 23.2 Å². The first-order chi connectivity index (χ1) is 11.6. The number of rotatable bonds is 4. The lowest BCUT2D eigenvalue weighted by atomic mass is 10.2. The Hall–Kier alpha value is -3.09. The van der Waals surface area contributed by atoms with Gasteiger partial charge in [0.05, 0.1) is 17.0 Å². The zero-order valence-electron chi connectivity index (χ0n) is 13.7. The van der Waals surface area contributed by atoms with Gasteiger partial charge in [-0.1, -0.05) is 12.1 Å². The number of hydrogen-bond acceptors (Lipinski definition) is 6. The van der Waals surface area contributed by atoms with E-state index in [9.17, 15) is 4.79 Å². The van der Waals surface area contributed by atoms with Gasteiger partial charge in [-0.3, -0.25) is 15.1 Å². The van der Waals surface area contributed by atoms with Gasteiger partial charge in [0.1, 0.15) is 0 Å². The summed E-state index contributed by atoms with van der Waals surface area (Å²) in [5, 5.41) is 6.62. The van der Waals surface area contributed by atoms with Crippen LogP contribution in [0.3, 0.4) is 0 Å². The Morgan fingerprint density at radius 1 is 1.25 bits per heavy atom. The fourth-order valence-electron chi connectivity index (χ4n) is 2.40. The summed E-state index contributed by atoms with van der Waals surface area (Å²) in [5.41, 5.74) is 3.42. The third kappa shape index (κ3) is 3.01. The molecule has 3 aromatic heterocycles. The number of aryl methyl sites for hydroxylation is 2. The third-order valence-corrected chi connectivity index (χ3v) is 3.71. The third-order valence-electron chi connectivity index (χ3n) is 3.71. The molecule has 24 heavy (non-hydrogen) atoms. The van der Waals surface area contributed by atoms with Crippen LogP contribution in [-0.4, -0.2) is 26.0 Å². The monoisotopic (exact) mass is 323 g/mol. The summed E-state index contributed by atoms with van der Waals surface area (Å²) in [4.78, 5) is 25.2. The van der Waals surface area contributed by atoms with Crippen molar-refractivity contribution in [1.82, 2.24) is 20.1 Å². The van der Waals surface area contributed by atoms with E-state index in [0.29, 0.717) is 23.0 Å². The van der Waals surface area contributed by atoms with E-state index in [1.54, 1.807) is 19.3 Å². The topological polar surface area (TPSA) is 93.8 Å². The van der Waals surface area contributed by atoms with Crippen molar-refractivity contribution >= 4 is 11.8 Å². The first-order valence-corrected chi connectivity index (χ1v) is 7.60. The minimum atomic E-state index is -0.323. The van der Waals surface area contributed by atoms with Crippen molar-refractivity contribution < 1.29 is 9.32 Å². The average Bonchev–Trinajstić information content (AvgIpc) is 2.95. The van der Waals surface area contributed by atoms with Crippen LogP contribution in [0, 0.1) is 13.8 Å². The maximum atomic E-state index is 12.5. The van der Waals surface area contributed by atoms with Gasteiger partial charge in [-0.2, -0.15) is 0 Å². The van der Waals surface area contributed by atoms with Crippen molar-refractivity contribution in [2.24, 2.45) is 0 Å². The van der Waals surface area contributed by atoms with Crippen LogP contribution in [0.25, 0.3) is 11.4 Å². The molecule has 3 heterocycles. The maximum Gasteiger partial charge on any atom is 0.261 e. The van der Waals surface area contributed by atoms with E-state index in [1.807, 2.05) is 26.0 Å². The van der Waals surface area contributed by atoms with Crippen LogP contribution >= 0.6 is 0 Å². The van der Waals surface area contributed by atoms with E-state index in [2.05, 4.69) is 25.4 Å². The van der Waals surface area contributed by atoms with Gasteiger partial charge >= 0.3 is 0 Å². The lowest BCUT2D eigenvalue weighted by molar-refractivity contribution is 0.102. The molecule has 7 nitrogen and oxygen atoms in total. The number of hydrogen-bond donors (Lipinski definition) is 1. The predicted molar refractivity (Wildman–Crippen MR) is 88.6 cm³/mol. The number of amides is 1. The normalized spacial score (nSPS) is 10.6. The highest BCUT2D eigenvalue weighted by atomic mass is 16.5. The second kappa shape index (κ2) is 6.57. The lowest BCUT2D eigenvalue weighted by Gasteiger charge is -2.07. The highest BCUT2D eigenvalue weighted by molar-refractivity contribution is 6.04. The standard InChI is InChI=1S/C17H17N5O2/c1-4-13-11(3)22-24-17(13)21-16(23)14-9-19-15(20-10(14)2)12-6-5-7-18-8-12/h5-9H,4H2,1-3H3,(H,21,23). The van der Waals surface area contributed by atoms with Crippen LogP contribution in [-0.2, 0) is 6.42 Å². The summed E-state index contributed by atoms with van der Waals surface area (Å²) < 4.78 is 5.18. The second-order valence-electron chi connectivity index (χ2n) is 5.32. The number of pyridine rings is 1. The van der Waals surface area contributed by atoms with Crippen LogP contribution < -0.4 is 5.32 Å². The summed E-state index contributed by atoms with van der Waals surface area (Å²) in [6.07, 6.45) is 5.59. The number of nitrogens with zero attached hydrogens (tertiary/aromatic N) is 4. The molecule has 7 heteroatoms. The van der Waals surface area contributed by atoms with Gasteiger partial charge in [0.15, 0.2) is 5.82 Å². The van der Waals surface area contributed by atoms with Gasteiger partial charge in [0.2, 0.25) is 5.88 Å². The van der Waals surface area contributed by atoms with Gasteiger partial charge in [-0.15, -0.1) is 0 Å². The molecule has 0 aliphatic carbocycles. The van der Waals surface area contributed by atoms with Crippen LogP contribution in [0.1, 0.15) is 34.2 Å². The average molecular weight is 323 g/mol. The Morgan fingerprint density at radius 2 is 2.08 bits per heavy atom. The molecule has 3 rings (SSSR count). The summed E-state index contributed by atoms with van der Waals surface area (Å²) >= 11 is 0. The lowest BCUT2D eigenvalue weighted by Crippen LogP contribution is -2.15. The Balaban J connectivity index is 1.85. The SMILES string of the molecule is CCc1c(C)noc1NC(=O)c1cnc(-c2cccnc2)nc1C. The highest BCUT2D eigenvalue weighted by Crippen LogP contribution is 2.21. The molecular weight excluding hydrogens is 306 g/mol. The predicted octanol–water partition coefficient (Wildman–Crippen LogP) is 2.96. The molecule has 122 valence electrons. The molecule has 0 saturated carbocycles. The summed E-state index contributed by atoms with van der Waals surface area (Å²) in [5.74, 6) is 0.578. The molecule has 0 spiro atoms. The molecule has 1 amide bonds. The number of anilines is 1. The molecule has 0 atom stereocenters. The molecule has 0 saturated heterocycles. The zero-order chi connectivity index (χ0) is 17.1. The Labute approximate surface area is 139 Å². The highest BCUT2D eigenvalue weighted by Gasteiger charge is 2.18. The van der Waals surface area contributed by atoms with Crippen LogP contribution in [0.15, 0.2) is 35.2 Å². The molecule has 3 aromatic rings. The summed E-state index contributed by atoms with van der Waals surface area (Å²) in [6, 6.07) is 3.68. The molecule has 0 aromatic carbocycles. The van der Waals surface area contributed by atoms with Crippen molar-refractivity contribution in [2.75, 3.05) is 5.32 Å². The van der Waals surface area contributed by atoms with Crippen molar-refractivity contribution in [3.63, 3.8) is 0 Å². The minimum Gasteiger partial charge on any atom is -0.338 e. The fraction of sp³-hybridized carbons (Fsp3) is 0.235. The largest absolute Gasteiger partial charge is 0.338 e. The Bertz CT molecular complexity index is 874. The second-order valence-corrected chi connectivity index (χ2v) is 5.32. The maximum absolute atomic E-state index is 12.5. The Morgan fingerprint density at radius 3 is 2.75 bits per heavy atom. The van der Waals surface area contributed by atoms with E-state index < -0.39 is 0 Å². The molecule has 0 radical (unpaired) electrons. The van der Waals surface area contributed by atoms with Crippen molar-refractivity contribution in [2.45, 2.75) is 27.2 Å². The molecule has 1 N–H and O–H groups in total. The smallest absolute Gasteiger partial charge is 0.261 e. The minimum absolute atomic E-state index is 0.323. The number of nitrogens with one attached hydrogen (secondary N) is 1. The van der Waals surface area contributed by atoms with Crippen molar-refractivity contribution in [1.29, 1.82) is 0 Å². The number of aromatic nitrogens is 4. The number of carbonyl (C=O) groups is 1. The van der Waals surface area contributed by atoms with Crippen molar-refractivity contribution in [3.05, 3.63) is 53.2 Å². The zero-order valence-corrected chi connectivity index (χ0v) is 13.7. The molecule has 0 bridgehead atoms. The quantitative estimate of drug-likeness (QED) is 0.793. The number of carbonyl (C=O) groups excluding carboxylic acids is 1. The molecule has 0 aliphatic heterocycles. The van der Waals surface area contributed by atoms with E-state index >= 15 is 0 Å². The van der Waals surface area contributed by atoms with E-state index in [4.69, 9.17) is 4.52 Å². The summed E-state index contributed by atoms with van der Waals surface area (Å²) in [6.45, 7) is 5.59. The van der Waals surface area contributed by atoms with Crippen LogP contribution in [0.5, 0.6) is 0 Å². The van der Waals surface area contributed by atoms with Gasteiger partial charge in [-0.05, 0) is 32.4 Å². The summed E-state index contributed by atoms with van der Waals surface area (Å²) in [7, 11) is 0. The van der Waals surface area contributed by atoms with Crippen LogP contribution in [0.4, 0.5) is 5.88 Å². The first-order valence-electron chi connectivity index (χ1n) is 7.60. The molecule has 0 unspecified atom stereocenters. The Kier molecular flexibility index (Phi) is 4.33. The van der Waals surface area contributed by atoms with Crippen molar-refractivity contribution in [3.8, 4) is 11.4 Å². The molecule has 0 fully saturated rings. The van der Waals surface area contributed by atoms with Gasteiger partial charge in [0, 0.05) is 29.7 Å². The first kappa shape index (κ1) is 15.8. The van der Waals surface area contributed by atoms with Crippen LogP contribution in [0.2, 0.25) is 0 Å². The van der Waals surface area contributed by atoms with Gasteiger partial charge < -0.3 is 4.52 Å². The molecule has 0 aliphatic rings.